The number of para-hydroxylation sites is 1. The van der Waals surface area contributed by atoms with Crippen molar-refractivity contribution in [1.82, 2.24) is 9.66 Å². The van der Waals surface area contributed by atoms with Crippen molar-refractivity contribution in [2.24, 2.45) is 5.10 Å². The van der Waals surface area contributed by atoms with Crippen LogP contribution in [0.25, 0.3) is 28.4 Å². The van der Waals surface area contributed by atoms with Gasteiger partial charge in [-0.1, -0.05) is 12.1 Å². The lowest BCUT2D eigenvalue weighted by Gasteiger charge is -2.11. The molecule has 0 atom stereocenters. The van der Waals surface area contributed by atoms with Crippen LogP contribution < -0.4 is 15.0 Å². The molecule has 13 nitrogen and oxygen atoms in total. The Morgan fingerprint density at radius 1 is 0.889 bits per heavy atom. The van der Waals surface area contributed by atoms with Gasteiger partial charge in [0.2, 0.25) is 0 Å². The minimum atomic E-state index is -0.697. The molecule has 45 heavy (non-hydrogen) atoms. The maximum atomic E-state index is 13.5. The number of rotatable bonds is 10. The van der Waals surface area contributed by atoms with Gasteiger partial charge in [0.1, 0.15) is 0 Å². The van der Waals surface area contributed by atoms with Crippen LogP contribution in [0.5, 0.6) is 11.5 Å². The molecule has 0 aliphatic carbocycles. The van der Waals surface area contributed by atoms with E-state index in [9.17, 15) is 29.8 Å². The van der Waals surface area contributed by atoms with Gasteiger partial charge in [0.15, 0.2) is 17.3 Å². The SMILES string of the molecule is CCOc1cc(C=Nn2c(-c3ccc([N+](=O)[O-])cc3)nc3ccccc3c2=O)ccc1OC(=O)/C=C/c1ccc([N+](=O)[O-])cc1. The van der Waals surface area contributed by atoms with Crippen molar-refractivity contribution in [2.75, 3.05) is 6.61 Å². The fourth-order valence-electron chi connectivity index (χ4n) is 4.25. The Balaban J connectivity index is 1.43. The molecule has 0 spiro atoms. The predicted octanol–water partition coefficient (Wildman–Crippen LogP) is 5.78. The first-order chi connectivity index (χ1) is 21.7. The zero-order valence-electron chi connectivity index (χ0n) is 23.6. The third-order valence-corrected chi connectivity index (χ3v) is 6.41. The molecule has 5 aromatic rings. The third kappa shape index (κ3) is 6.94. The summed E-state index contributed by atoms with van der Waals surface area (Å²) in [7, 11) is 0. The number of carbonyl (C=O) groups is 1. The summed E-state index contributed by atoms with van der Waals surface area (Å²) < 4.78 is 12.2. The number of nitro groups is 2. The van der Waals surface area contributed by atoms with Gasteiger partial charge in [0.25, 0.3) is 16.9 Å². The molecule has 0 aliphatic rings. The van der Waals surface area contributed by atoms with Gasteiger partial charge >= 0.3 is 5.97 Å². The molecule has 0 saturated carbocycles. The zero-order valence-corrected chi connectivity index (χ0v) is 23.6. The van der Waals surface area contributed by atoms with Crippen molar-refractivity contribution in [3.63, 3.8) is 0 Å². The molecule has 0 fully saturated rings. The van der Waals surface area contributed by atoms with Crippen molar-refractivity contribution in [3.8, 4) is 22.9 Å². The highest BCUT2D eigenvalue weighted by molar-refractivity contribution is 5.89. The van der Waals surface area contributed by atoms with E-state index in [-0.39, 0.29) is 35.3 Å². The number of hydrogen-bond acceptors (Lipinski definition) is 10. The number of fused-ring (bicyclic) bond motifs is 1. The first-order valence-corrected chi connectivity index (χ1v) is 13.5. The van der Waals surface area contributed by atoms with Gasteiger partial charge in [-0.3, -0.25) is 25.0 Å². The topological polar surface area (TPSA) is 169 Å². The molecule has 4 aromatic carbocycles. The van der Waals surface area contributed by atoms with Crippen LogP contribution in [0.15, 0.2) is 107 Å². The van der Waals surface area contributed by atoms with Crippen molar-refractivity contribution in [3.05, 3.63) is 139 Å². The van der Waals surface area contributed by atoms with E-state index in [1.807, 2.05) is 0 Å². The van der Waals surface area contributed by atoms with Crippen LogP contribution in [0.3, 0.4) is 0 Å². The molecule has 224 valence electrons. The van der Waals surface area contributed by atoms with Crippen LogP contribution >= 0.6 is 0 Å². The van der Waals surface area contributed by atoms with Crippen molar-refractivity contribution in [2.45, 2.75) is 6.92 Å². The van der Waals surface area contributed by atoms with Crippen LogP contribution in [0, 0.1) is 20.2 Å². The molecule has 13 heteroatoms. The van der Waals surface area contributed by atoms with Gasteiger partial charge < -0.3 is 9.47 Å². The molecule has 5 rings (SSSR count). The Hall–Kier alpha value is -6.50. The molecule has 0 amide bonds. The van der Waals surface area contributed by atoms with E-state index in [1.54, 1.807) is 43.3 Å². The normalized spacial score (nSPS) is 11.2. The van der Waals surface area contributed by atoms with Crippen LogP contribution in [-0.4, -0.2) is 38.3 Å². The molecule has 0 bridgehead atoms. The van der Waals surface area contributed by atoms with E-state index < -0.39 is 21.4 Å². The largest absolute Gasteiger partial charge is 0.490 e. The van der Waals surface area contributed by atoms with Crippen LogP contribution in [0.2, 0.25) is 0 Å². The van der Waals surface area contributed by atoms with E-state index in [1.165, 1.54) is 73.0 Å². The summed E-state index contributed by atoms with van der Waals surface area (Å²) in [5.41, 5.74) is 1.34. The van der Waals surface area contributed by atoms with Gasteiger partial charge in [0.05, 0.1) is 33.6 Å². The summed E-state index contributed by atoms with van der Waals surface area (Å²) in [5, 5.41) is 26.7. The van der Waals surface area contributed by atoms with Gasteiger partial charge in [-0.25, -0.2) is 9.78 Å². The van der Waals surface area contributed by atoms with Crippen LogP contribution in [0.4, 0.5) is 11.4 Å². The van der Waals surface area contributed by atoms with Crippen LogP contribution in [-0.2, 0) is 4.79 Å². The molecular formula is C32H23N5O8. The van der Waals surface area contributed by atoms with Gasteiger partial charge in [-0.05, 0) is 78.7 Å². The fourth-order valence-corrected chi connectivity index (χ4v) is 4.25. The first-order valence-electron chi connectivity index (χ1n) is 13.5. The smallest absolute Gasteiger partial charge is 0.336 e. The summed E-state index contributed by atoms with van der Waals surface area (Å²) in [6, 6.07) is 22.8. The Morgan fingerprint density at radius 2 is 1.53 bits per heavy atom. The molecule has 1 aromatic heterocycles. The average molecular weight is 606 g/mol. The maximum Gasteiger partial charge on any atom is 0.336 e. The second-order valence-corrected chi connectivity index (χ2v) is 9.36. The number of nitro benzene ring substituents is 2. The molecule has 0 saturated heterocycles. The van der Waals surface area contributed by atoms with E-state index in [2.05, 4.69) is 10.1 Å². The predicted molar refractivity (Wildman–Crippen MR) is 166 cm³/mol. The molecule has 1 heterocycles. The van der Waals surface area contributed by atoms with Crippen LogP contribution in [0.1, 0.15) is 18.1 Å². The van der Waals surface area contributed by atoms with E-state index in [4.69, 9.17) is 9.47 Å². The Kier molecular flexibility index (Phi) is 8.80. The Morgan fingerprint density at radius 3 is 2.20 bits per heavy atom. The van der Waals surface area contributed by atoms with Crippen molar-refractivity contribution < 1.29 is 24.1 Å². The number of nitrogens with zero attached hydrogens (tertiary/aromatic N) is 5. The molecule has 0 radical (unpaired) electrons. The Bertz CT molecular complexity index is 2030. The van der Waals surface area contributed by atoms with Crippen molar-refractivity contribution >= 4 is 40.5 Å². The summed E-state index contributed by atoms with van der Waals surface area (Å²) in [4.78, 5) is 51.5. The number of non-ortho nitro benzene ring substituents is 2. The fraction of sp³-hybridized carbons (Fsp3) is 0.0625. The van der Waals surface area contributed by atoms with E-state index >= 15 is 0 Å². The third-order valence-electron chi connectivity index (χ3n) is 6.41. The summed E-state index contributed by atoms with van der Waals surface area (Å²) in [6.45, 7) is 2.03. The highest BCUT2D eigenvalue weighted by Gasteiger charge is 2.15. The van der Waals surface area contributed by atoms with Crippen molar-refractivity contribution in [1.29, 1.82) is 0 Å². The molecule has 0 N–H and O–H groups in total. The number of esters is 1. The molecule has 0 unspecified atom stereocenters. The summed E-state index contributed by atoms with van der Waals surface area (Å²) in [6.07, 6.45) is 4.06. The lowest BCUT2D eigenvalue weighted by Crippen LogP contribution is -2.20. The molecule has 0 aliphatic heterocycles. The number of hydrogen-bond donors (Lipinski definition) is 0. The standard InChI is InChI=1S/C32H23N5O8/c1-2-44-29-19-22(9-17-28(29)45-30(38)18-10-21-7-13-24(14-8-21)36(40)41)20-33-35-31(23-11-15-25(16-12-23)37(42)43)34-27-6-4-3-5-26(27)32(35)39/h3-20H,2H2,1H3/b18-10+,33-20?. The number of aromatic nitrogens is 2. The second kappa shape index (κ2) is 13.2. The summed E-state index contributed by atoms with van der Waals surface area (Å²) >= 11 is 0. The lowest BCUT2D eigenvalue weighted by molar-refractivity contribution is -0.385. The maximum absolute atomic E-state index is 13.5. The van der Waals surface area contributed by atoms with E-state index in [0.29, 0.717) is 27.6 Å². The number of ether oxygens (including phenoxy) is 2. The minimum absolute atomic E-state index is 0.0657. The summed E-state index contributed by atoms with van der Waals surface area (Å²) in [5.74, 6) is -0.126. The van der Waals surface area contributed by atoms with Gasteiger partial charge in [-0.2, -0.15) is 9.78 Å². The zero-order chi connectivity index (χ0) is 31.9. The number of benzene rings is 4. The monoisotopic (exact) mass is 605 g/mol. The quantitative estimate of drug-likeness (QED) is 0.0478. The number of carbonyl (C=O) groups excluding carboxylic acids is 1. The molecular weight excluding hydrogens is 582 g/mol. The minimum Gasteiger partial charge on any atom is -0.490 e. The average Bonchev–Trinajstić information content (AvgIpc) is 3.04. The van der Waals surface area contributed by atoms with E-state index in [0.717, 1.165) is 4.68 Å². The first kappa shape index (κ1) is 30.0. The lowest BCUT2D eigenvalue weighted by atomic mass is 10.1. The second-order valence-electron chi connectivity index (χ2n) is 9.36. The highest BCUT2D eigenvalue weighted by atomic mass is 16.6. The van der Waals surface area contributed by atoms with Gasteiger partial charge in [-0.15, -0.1) is 0 Å². The van der Waals surface area contributed by atoms with Gasteiger partial charge in [0, 0.05) is 35.9 Å². The highest BCUT2D eigenvalue weighted by Crippen LogP contribution is 2.29. The Labute approximate surface area is 254 Å².